The second kappa shape index (κ2) is 8.74. The third kappa shape index (κ3) is 6.32. The molecule has 0 heterocycles. The molecule has 0 fully saturated rings. The lowest BCUT2D eigenvalue weighted by atomic mass is 9.86. The van der Waals surface area contributed by atoms with Crippen LogP contribution in [0.2, 0.25) is 0 Å². The van der Waals surface area contributed by atoms with E-state index in [9.17, 15) is 0 Å². The summed E-state index contributed by atoms with van der Waals surface area (Å²) in [4.78, 5) is 0. The summed E-state index contributed by atoms with van der Waals surface area (Å²) in [5.74, 6) is 1.24. The van der Waals surface area contributed by atoms with Crippen molar-refractivity contribution in [3.8, 4) is 0 Å². The summed E-state index contributed by atoms with van der Waals surface area (Å²) in [6.07, 6.45) is 5.79. The third-order valence-electron chi connectivity index (χ3n) is 3.66. The Bertz CT molecular complexity index is 356. The molecule has 20 heavy (non-hydrogen) atoms. The Morgan fingerprint density at radius 1 is 1.15 bits per heavy atom. The van der Waals surface area contributed by atoms with Gasteiger partial charge in [-0.2, -0.15) is 11.8 Å². The van der Waals surface area contributed by atoms with E-state index in [1.165, 1.54) is 29.7 Å². The van der Waals surface area contributed by atoms with E-state index in [1.54, 1.807) is 0 Å². The molecule has 1 rings (SSSR count). The van der Waals surface area contributed by atoms with Crippen LogP contribution in [0, 0.1) is 0 Å². The van der Waals surface area contributed by atoms with Crippen LogP contribution in [-0.4, -0.2) is 24.6 Å². The van der Waals surface area contributed by atoms with Gasteiger partial charge >= 0.3 is 0 Å². The van der Waals surface area contributed by atoms with Crippen LogP contribution in [0.25, 0.3) is 0 Å². The van der Waals surface area contributed by atoms with Crippen molar-refractivity contribution in [3.05, 3.63) is 35.4 Å². The van der Waals surface area contributed by atoms with Gasteiger partial charge in [-0.3, -0.25) is 0 Å². The van der Waals surface area contributed by atoms with E-state index in [4.69, 9.17) is 0 Å². The van der Waals surface area contributed by atoms with Crippen LogP contribution in [0.3, 0.4) is 0 Å². The maximum absolute atomic E-state index is 3.68. The molecule has 0 saturated carbocycles. The second-order valence-electron chi connectivity index (χ2n) is 6.58. The molecule has 0 aliphatic carbocycles. The van der Waals surface area contributed by atoms with Crippen LogP contribution >= 0.6 is 11.8 Å². The van der Waals surface area contributed by atoms with Crippen LogP contribution in [0.5, 0.6) is 0 Å². The summed E-state index contributed by atoms with van der Waals surface area (Å²) in [6.45, 7) is 10.2. The Labute approximate surface area is 129 Å². The van der Waals surface area contributed by atoms with Crippen molar-refractivity contribution in [2.45, 2.75) is 58.4 Å². The van der Waals surface area contributed by atoms with E-state index in [0.29, 0.717) is 6.04 Å². The zero-order valence-corrected chi connectivity index (χ0v) is 14.6. The lowest BCUT2D eigenvalue weighted by molar-refractivity contribution is 0.497. The molecule has 114 valence electrons. The molecule has 0 bridgehead atoms. The van der Waals surface area contributed by atoms with Crippen LogP contribution < -0.4 is 5.32 Å². The summed E-state index contributed by atoms with van der Waals surface area (Å²) < 4.78 is 0. The molecule has 0 spiro atoms. The smallest absolute Gasteiger partial charge is 0.0115 e. The molecule has 1 atom stereocenters. The molecule has 0 saturated heterocycles. The minimum absolute atomic E-state index is 0.247. The average Bonchev–Trinajstić information content (AvgIpc) is 2.41. The first-order chi connectivity index (χ1) is 9.47. The van der Waals surface area contributed by atoms with Gasteiger partial charge in [-0.05, 0) is 54.4 Å². The Kier molecular flexibility index (Phi) is 7.68. The molecule has 0 aliphatic heterocycles. The second-order valence-corrected chi connectivity index (χ2v) is 7.57. The third-order valence-corrected chi connectivity index (χ3v) is 4.30. The van der Waals surface area contributed by atoms with Crippen LogP contribution in [-0.2, 0) is 11.8 Å². The fourth-order valence-electron chi connectivity index (χ4n) is 2.31. The molecule has 1 N–H and O–H groups in total. The summed E-state index contributed by atoms with van der Waals surface area (Å²) in [7, 11) is 0. The Morgan fingerprint density at radius 2 is 1.80 bits per heavy atom. The van der Waals surface area contributed by atoms with Gasteiger partial charge in [0.2, 0.25) is 0 Å². The van der Waals surface area contributed by atoms with Crippen molar-refractivity contribution >= 4 is 11.8 Å². The van der Waals surface area contributed by atoms with Crippen molar-refractivity contribution in [1.82, 2.24) is 5.32 Å². The molecule has 1 nitrogen and oxygen atoms in total. The quantitative estimate of drug-likeness (QED) is 0.749. The summed E-state index contributed by atoms with van der Waals surface area (Å²) in [6, 6.07) is 9.81. The van der Waals surface area contributed by atoms with Gasteiger partial charge in [0.05, 0.1) is 0 Å². The number of hydrogen-bond donors (Lipinski definition) is 1. The highest BCUT2D eigenvalue weighted by molar-refractivity contribution is 7.98. The molecule has 1 unspecified atom stereocenters. The Hall–Kier alpha value is -0.470. The minimum atomic E-state index is 0.247. The molecule has 1 aromatic rings. The zero-order chi connectivity index (χ0) is 15.0. The van der Waals surface area contributed by atoms with Crippen LogP contribution in [0.15, 0.2) is 24.3 Å². The Balaban J connectivity index is 2.62. The van der Waals surface area contributed by atoms with E-state index < -0.39 is 0 Å². The lowest BCUT2D eigenvalue weighted by Crippen LogP contribution is -2.32. The highest BCUT2D eigenvalue weighted by Gasteiger charge is 2.14. The van der Waals surface area contributed by atoms with Gasteiger partial charge in [-0.1, -0.05) is 52.0 Å². The molecular formula is C18H31NS. The first-order valence-corrected chi connectivity index (χ1v) is 9.18. The molecule has 0 amide bonds. The Morgan fingerprint density at radius 3 is 2.30 bits per heavy atom. The standard InChI is InChI=1S/C18H31NS/c1-6-12-19-17(11-13-20-5)14-15-7-9-16(10-8-15)18(2,3)4/h7-10,17,19H,6,11-14H2,1-5H3. The van der Waals surface area contributed by atoms with Gasteiger partial charge in [-0.25, -0.2) is 0 Å². The maximum Gasteiger partial charge on any atom is 0.0115 e. The van der Waals surface area contributed by atoms with Crippen molar-refractivity contribution in [2.24, 2.45) is 0 Å². The van der Waals surface area contributed by atoms with E-state index in [1.807, 2.05) is 11.8 Å². The molecule has 0 aliphatic rings. The van der Waals surface area contributed by atoms with Gasteiger partial charge in [-0.15, -0.1) is 0 Å². The van der Waals surface area contributed by atoms with Gasteiger partial charge in [0.25, 0.3) is 0 Å². The number of benzene rings is 1. The SMILES string of the molecule is CCCNC(CCSC)Cc1ccc(C(C)(C)C)cc1. The molecule has 0 radical (unpaired) electrons. The van der Waals surface area contributed by atoms with Gasteiger partial charge in [0, 0.05) is 6.04 Å². The first-order valence-electron chi connectivity index (χ1n) is 7.79. The fraction of sp³-hybridized carbons (Fsp3) is 0.667. The predicted molar refractivity (Wildman–Crippen MR) is 93.9 cm³/mol. The largest absolute Gasteiger partial charge is 0.314 e. The van der Waals surface area contributed by atoms with E-state index >= 15 is 0 Å². The minimum Gasteiger partial charge on any atom is -0.314 e. The highest BCUT2D eigenvalue weighted by atomic mass is 32.2. The number of thioether (sulfide) groups is 1. The van der Waals surface area contributed by atoms with E-state index in [-0.39, 0.29) is 5.41 Å². The molecule has 0 aromatic heterocycles. The van der Waals surface area contributed by atoms with Gasteiger partial charge in [0.1, 0.15) is 0 Å². The first kappa shape index (κ1) is 17.6. The summed E-state index contributed by atoms with van der Waals surface area (Å²) in [5, 5.41) is 3.68. The molecule has 2 heteroatoms. The van der Waals surface area contributed by atoms with E-state index in [0.717, 1.165) is 13.0 Å². The van der Waals surface area contributed by atoms with E-state index in [2.05, 4.69) is 63.5 Å². The number of nitrogens with one attached hydrogen (secondary N) is 1. The van der Waals surface area contributed by atoms with Gasteiger partial charge in [0.15, 0.2) is 0 Å². The van der Waals surface area contributed by atoms with Crippen molar-refractivity contribution < 1.29 is 0 Å². The fourth-order valence-corrected chi connectivity index (χ4v) is 2.83. The monoisotopic (exact) mass is 293 g/mol. The van der Waals surface area contributed by atoms with Crippen LogP contribution in [0.4, 0.5) is 0 Å². The molecular weight excluding hydrogens is 262 g/mol. The highest BCUT2D eigenvalue weighted by Crippen LogP contribution is 2.22. The number of rotatable bonds is 8. The lowest BCUT2D eigenvalue weighted by Gasteiger charge is -2.21. The normalized spacial score (nSPS) is 13.4. The molecule has 1 aromatic carbocycles. The summed E-state index contributed by atoms with van der Waals surface area (Å²) >= 11 is 1.94. The van der Waals surface area contributed by atoms with Gasteiger partial charge < -0.3 is 5.32 Å². The van der Waals surface area contributed by atoms with Crippen molar-refractivity contribution in [3.63, 3.8) is 0 Å². The topological polar surface area (TPSA) is 12.0 Å². The average molecular weight is 294 g/mol. The van der Waals surface area contributed by atoms with Crippen LogP contribution in [0.1, 0.15) is 51.7 Å². The maximum atomic E-state index is 3.68. The van der Waals surface area contributed by atoms with Crippen molar-refractivity contribution in [2.75, 3.05) is 18.6 Å². The predicted octanol–water partition coefficient (Wildman–Crippen LogP) is 4.65. The van der Waals surface area contributed by atoms with Crippen molar-refractivity contribution in [1.29, 1.82) is 0 Å². The zero-order valence-electron chi connectivity index (χ0n) is 13.8. The summed E-state index contributed by atoms with van der Waals surface area (Å²) in [5.41, 5.74) is 3.12. The number of hydrogen-bond acceptors (Lipinski definition) is 2.